The number of halogens is 2. The second-order valence-electron chi connectivity index (χ2n) is 2.34. The highest BCUT2D eigenvalue weighted by Crippen LogP contribution is 2.14. The van der Waals surface area contributed by atoms with E-state index in [2.05, 4.69) is 4.98 Å². The molecule has 1 aromatic heterocycles. The minimum Gasteiger partial charge on any atom is -0.486 e. The Morgan fingerprint density at radius 3 is 2.77 bits per heavy atom. The maximum atomic E-state index is 11.7. The summed E-state index contributed by atoms with van der Waals surface area (Å²) in [5.41, 5.74) is 0.811. The van der Waals surface area contributed by atoms with Gasteiger partial charge in [-0.25, -0.2) is 8.78 Å². The standard InChI is InChI=1S/C8H9F2NO.H3N/c1-6-2-3-11-4-7(6)12-5-8(9)10;/h2-4,8H,5H2,1H3;1H3. The van der Waals surface area contributed by atoms with E-state index in [0.29, 0.717) is 5.75 Å². The predicted molar refractivity (Wildman–Crippen MR) is 45.5 cm³/mol. The summed E-state index contributed by atoms with van der Waals surface area (Å²) in [5, 5.41) is 0. The maximum Gasteiger partial charge on any atom is 0.272 e. The molecular formula is C8H12F2N2O. The fourth-order valence-electron chi connectivity index (χ4n) is 0.753. The van der Waals surface area contributed by atoms with Crippen molar-refractivity contribution in [2.75, 3.05) is 6.61 Å². The van der Waals surface area contributed by atoms with E-state index < -0.39 is 13.0 Å². The molecule has 0 aliphatic heterocycles. The summed E-state index contributed by atoms with van der Waals surface area (Å²) < 4.78 is 28.2. The SMILES string of the molecule is Cc1ccncc1OCC(F)F.N. The zero-order chi connectivity index (χ0) is 8.97. The summed E-state index contributed by atoms with van der Waals surface area (Å²) in [6, 6.07) is 1.71. The van der Waals surface area contributed by atoms with Gasteiger partial charge in [-0.3, -0.25) is 4.98 Å². The quantitative estimate of drug-likeness (QED) is 0.794. The molecule has 0 aromatic carbocycles. The van der Waals surface area contributed by atoms with Crippen LogP contribution in [0.25, 0.3) is 0 Å². The number of rotatable bonds is 3. The average Bonchev–Trinajstić information content (AvgIpc) is 2.03. The molecule has 3 N–H and O–H groups in total. The molecule has 0 aliphatic rings. The first-order valence-corrected chi connectivity index (χ1v) is 3.51. The van der Waals surface area contributed by atoms with E-state index in [9.17, 15) is 8.78 Å². The lowest BCUT2D eigenvalue weighted by atomic mass is 10.3. The summed E-state index contributed by atoms with van der Waals surface area (Å²) in [6.45, 7) is 1.20. The van der Waals surface area contributed by atoms with Crippen LogP contribution in [0, 0.1) is 6.92 Å². The van der Waals surface area contributed by atoms with Crippen molar-refractivity contribution in [1.82, 2.24) is 11.1 Å². The smallest absolute Gasteiger partial charge is 0.272 e. The van der Waals surface area contributed by atoms with Crippen LogP contribution >= 0.6 is 0 Å². The minimum absolute atomic E-state index is 0. The van der Waals surface area contributed by atoms with Crippen LogP contribution in [0.2, 0.25) is 0 Å². The van der Waals surface area contributed by atoms with Crippen molar-refractivity contribution in [3.05, 3.63) is 24.0 Å². The Morgan fingerprint density at radius 2 is 2.23 bits per heavy atom. The summed E-state index contributed by atoms with van der Waals surface area (Å²) in [5.74, 6) is 0.415. The summed E-state index contributed by atoms with van der Waals surface area (Å²) in [4.78, 5) is 3.75. The Kier molecular flexibility index (Phi) is 4.91. The van der Waals surface area contributed by atoms with Crippen molar-refractivity contribution < 1.29 is 13.5 Å². The third kappa shape index (κ3) is 3.80. The highest BCUT2D eigenvalue weighted by molar-refractivity contribution is 5.27. The van der Waals surface area contributed by atoms with Crippen molar-refractivity contribution in [2.24, 2.45) is 0 Å². The monoisotopic (exact) mass is 190 g/mol. The largest absolute Gasteiger partial charge is 0.486 e. The summed E-state index contributed by atoms with van der Waals surface area (Å²) in [7, 11) is 0. The van der Waals surface area contributed by atoms with E-state index in [0.717, 1.165) is 5.56 Å². The lowest BCUT2D eigenvalue weighted by Gasteiger charge is -2.06. The Hall–Kier alpha value is -1.23. The molecule has 13 heavy (non-hydrogen) atoms. The first kappa shape index (κ1) is 11.8. The van der Waals surface area contributed by atoms with Crippen LogP contribution in [-0.2, 0) is 0 Å². The highest BCUT2D eigenvalue weighted by atomic mass is 19.3. The lowest BCUT2D eigenvalue weighted by molar-refractivity contribution is 0.0814. The number of hydrogen-bond acceptors (Lipinski definition) is 3. The molecular weight excluding hydrogens is 178 g/mol. The van der Waals surface area contributed by atoms with Gasteiger partial charge in [-0.15, -0.1) is 0 Å². The van der Waals surface area contributed by atoms with E-state index >= 15 is 0 Å². The molecule has 1 aromatic rings. The first-order chi connectivity index (χ1) is 5.70. The van der Waals surface area contributed by atoms with Crippen molar-refractivity contribution in [3.8, 4) is 5.75 Å². The molecule has 5 heteroatoms. The number of aromatic nitrogens is 1. The summed E-state index contributed by atoms with van der Waals surface area (Å²) in [6.07, 6.45) is 0.576. The Balaban J connectivity index is 0.00000144. The van der Waals surface area contributed by atoms with Gasteiger partial charge in [0.25, 0.3) is 6.43 Å². The highest BCUT2D eigenvalue weighted by Gasteiger charge is 2.04. The van der Waals surface area contributed by atoms with Gasteiger partial charge in [0.15, 0.2) is 0 Å². The molecule has 74 valence electrons. The zero-order valence-electron chi connectivity index (χ0n) is 7.34. The molecule has 1 rings (SSSR count). The van der Waals surface area contributed by atoms with E-state index in [-0.39, 0.29) is 6.15 Å². The van der Waals surface area contributed by atoms with Gasteiger partial charge in [0.2, 0.25) is 0 Å². The van der Waals surface area contributed by atoms with Gasteiger partial charge in [0, 0.05) is 6.20 Å². The van der Waals surface area contributed by atoms with Gasteiger partial charge in [0.05, 0.1) is 6.20 Å². The topological polar surface area (TPSA) is 57.1 Å². The van der Waals surface area contributed by atoms with Crippen LogP contribution < -0.4 is 10.9 Å². The second kappa shape index (κ2) is 5.42. The van der Waals surface area contributed by atoms with Gasteiger partial charge in [-0.05, 0) is 18.6 Å². The molecule has 3 nitrogen and oxygen atoms in total. The average molecular weight is 190 g/mol. The van der Waals surface area contributed by atoms with Crippen LogP contribution in [0.1, 0.15) is 5.56 Å². The molecule has 0 spiro atoms. The van der Waals surface area contributed by atoms with Crippen molar-refractivity contribution in [2.45, 2.75) is 13.3 Å². The molecule has 0 saturated heterocycles. The van der Waals surface area contributed by atoms with E-state index in [4.69, 9.17) is 4.74 Å². The second-order valence-corrected chi connectivity index (χ2v) is 2.34. The Morgan fingerprint density at radius 1 is 1.54 bits per heavy atom. The van der Waals surface area contributed by atoms with Crippen molar-refractivity contribution >= 4 is 0 Å². The normalized spacial score (nSPS) is 9.54. The number of nitrogens with zero attached hydrogens (tertiary/aromatic N) is 1. The van der Waals surface area contributed by atoms with Crippen LogP contribution in [0.4, 0.5) is 8.78 Å². The molecule has 0 saturated carbocycles. The third-order valence-electron chi connectivity index (χ3n) is 1.36. The molecule has 0 fully saturated rings. The molecule has 0 amide bonds. The minimum atomic E-state index is -2.44. The van der Waals surface area contributed by atoms with Crippen LogP contribution in [-0.4, -0.2) is 18.0 Å². The van der Waals surface area contributed by atoms with Gasteiger partial charge in [-0.1, -0.05) is 0 Å². The molecule has 0 radical (unpaired) electrons. The molecule has 0 unspecified atom stereocenters. The van der Waals surface area contributed by atoms with Crippen molar-refractivity contribution in [1.29, 1.82) is 0 Å². The van der Waals surface area contributed by atoms with Crippen LogP contribution in [0.15, 0.2) is 18.5 Å². The van der Waals surface area contributed by atoms with Gasteiger partial charge >= 0.3 is 0 Å². The van der Waals surface area contributed by atoms with E-state index in [1.165, 1.54) is 6.20 Å². The Bertz CT molecular complexity index is 256. The van der Waals surface area contributed by atoms with E-state index in [1.54, 1.807) is 19.2 Å². The summed E-state index contributed by atoms with van der Waals surface area (Å²) >= 11 is 0. The Labute approximate surface area is 75.3 Å². The number of pyridine rings is 1. The number of aryl methyl sites for hydroxylation is 1. The number of hydrogen-bond donors (Lipinski definition) is 1. The molecule has 0 bridgehead atoms. The fraction of sp³-hybridized carbons (Fsp3) is 0.375. The molecule has 0 aliphatic carbocycles. The molecule has 1 heterocycles. The van der Waals surface area contributed by atoms with Gasteiger partial charge < -0.3 is 10.9 Å². The predicted octanol–water partition coefficient (Wildman–Crippen LogP) is 2.20. The van der Waals surface area contributed by atoms with Gasteiger partial charge in [0.1, 0.15) is 12.4 Å². The van der Waals surface area contributed by atoms with E-state index in [1.807, 2.05) is 0 Å². The van der Waals surface area contributed by atoms with Gasteiger partial charge in [-0.2, -0.15) is 0 Å². The first-order valence-electron chi connectivity index (χ1n) is 3.51. The fourth-order valence-corrected chi connectivity index (χ4v) is 0.753. The molecule has 0 atom stereocenters. The number of ether oxygens (including phenoxy) is 1. The third-order valence-corrected chi connectivity index (χ3v) is 1.36. The maximum absolute atomic E-state index is 11.7. The zero-order valence-corrected chi connectivity index (χ0v) is 7.34. The number of alkyl halides is 2. The van der Waals surface area contributed by atoms with Crippen LogP contribution in [0.5, 0.6) is 5.75 Å². The lowest BCUT2D eigenvalue weighted by Crippen LogP contribution is -2.07. The van der Waals surface area contributed by atoms with Crippen LogP contribution in [0.3, 0.4) is 0 Å². The van der Waals surface area contributed by atoms with Crippen molar-refractivity contribution in [3.63, 3.8) is 0 Å².